The molecule has 6 nitrogen and oxygen atoms in total. The minimum absolute atomic E-state index is 0.0974. The van der Waals surface area contributed by atoms with Crippen LogP contribution in [0.4, 0.5) is 0 Å². The predicted octanol–water partition coefficient (Wildman–Crippen LogP) is 2.86. The molecule has 1 N–H and O–H groups in total. The molecular weight excluding hydrogens is 354 g/mol. The highest BCUT2D eigenvalue weighted by molar-refractivity contribution is 6.32. The van der Waals surface area contributed by atoms with Crippen molar-refractivity contribution in [3.05, 3.63) is 62.3 Å². The third-order valence-corrected chi connectivity index (χ3v) is 5.28. The SMILES string of the molecule is Cc1[nH]c(=O)c(C(=O)N2CCC(OCc3cccnc3)CC2)c(C)c1Cl. The van der Waals surface area contributed by atoms with E-state index in [0.29, 0.717) is 36.0 Å². The molecule has 7 heteroatoms. The van der Waals surface area contributed by atoms with Crippen LogP contribution < -0.4 is 5.56 Å². The molecule has 1 aliphatic rings. The van der Waals surface area contributed by atoms with Crippen LogP contribution >= 0.6 is 11.6 Å². The maximum atomic E-state index is 12.8. The number of aromatic nitrogens is 2. The van der Waals surface area contributed by atoms with Gasteiger partial charge in [0.05, 0.1) is 17.7 Å². The molecule has 2 aromatic heterocycles. The number of aromatic amines is 1. The summed E-state index contributed by atoms with van der Waals surface area (Å²) in [5.41, 5.74) is 1.89. The number of nitrogens with one attached hydrogen (secondary N) is 1. The highest BCUT2D eigenvalue weighted by Crippen LogP contribution is 2.22. The molecule has 1 amide bonds. The van der Waals surface area contributed by atoms with Crippen molar-refractivity contribution in [1.82, 2.24) is 14.9 Å². The first-order valence-electron chi connectivity index (χ1n) is 8.66. The van der Waals surface area contributed by atoms with Gasteiger partial charge in [-0.1, -0.05) is 17.7 Å². The monoisotopic (exact) mass is 375 g/mol. The van der Waals surface area contributed by atoms with Gasteiger partial charge in [-0.05, 0) is 43.9 Å². The molecule has 1 fully saturated rings. The van der Waals surface area contributed by atoms with E-state index in [1.54, 1.807) is 31.1 Å². The minimum atomic E-state index is -0.385. The molecule has 3 rings (SSSR count). The first-order valence-corrected chi connectivity index (χ1v) is 9.04. The van der Waals surface area contributed by atoms with Crippen LogP contribution in [0.3, 0.4) is 0 Å². The maximum absolute atomic E-state index is 12.8. The van der Waals surface area contributed by atoms with Crippen LogP contribution in [-0.4, -0.2) is 40.0 Å². The van der Waals surface area contributed by atoms with Crippen molar-refractivity contribution in [3.8, 4) is 0 Å². The second-order valence-electron chi connectivity index (χ2n) is 6.56. The largest absolute Gasteiger partial charge is 0.373 e. The molecule has 2 aromatic rings. The van der Waals surface area contributed by atoms with Gasteiger partial charge in [-0.15, -0.1) is 0 Å². The van der Waals surface area contributed by atoms with Gasteiger partial charge in [0.2, 0.25) is 0 Å². The Morgan fingerprint density at radius 1 is 1.38 bits per heavy atom. The third-order valence-electron chi connectivity index (χ3n) is 4.71. The molecule has 0 bridgehead atoms. The van der Waals surface area contributed by atoms with Gasteiger partial charge in [0, 0.05) is 31.2 Å². The second kappa shape index (κ2) is 8.01. The standard InChI is InChI=1S/C19H22ClN3O3/c1-12-16(18(24)22-13(2)17(12)20)19(25)23-8-5-15(6-9-23)26-11-14-4-3-7-21-10-14/h3-4,7,10,15H,5-6,8-9,11H2,1-2H3,(H,22,24). The van der Waals surface area contributed by atoms with Gasteiger partial charge in [0.15, 0.2) is 0 Å². The van der Waals surface area contributed by atoms with E-state index < -0.39 is 0 Å². The molecule has 1 aliphatic heterocycles. The molecule has 26 heavy (non-hydrogen) atoms. The number of H-pyrrole nitrogens is 1. The van der Waals surface area contributed by atoms with Crippen LogP contribution in [0.15, 0.2) is 29.3 Å². The van der Waals surface area contributed by atoms with Crippen molar-refractivity contribution in [3.63, 3.8) is 0 Å². The van der Waals surface area contributed by atoms with E-state index in [9.17, 15) is 9.59 Å². The van der Waals surface area contributed by atoms with Crippen LogP contribution in [-0.2, 0) is 11.3 Å². The summed E-state index contributed by atoms with van der Waals surface area (Å²) in [7, 11) is 0. The first-order chi connectivity index (χ1) is 12.5. The van der Waals surface area contributed by atoms with E-state index in [2.05, 4.69) is 9.97 Å². The third kappa shape index (κ3) is 3.97. The molecule has 0 aromatic carbocycles. The van der Waals surface area contributed by atoms with Crippen molar-refractivity contribution in [2.24, 2.45) is 0 Å². The van der Waals surface area contributed by atoms with Gasteiger partial charge >= 0.3 is 0 Å². The van der Waals surface area contributed by atoms with Gasteiger partial charge in [-0.2, -0.15) is 0 Å². The Hall–Kier alpha value is -2.18. The first kappa shape index (κ1) is 18.6. The van der Waals surface area contributed by atoms with Gasteiger partial charge in [0.25, 0.3) is 11.5 Å². The van der Waals surface area contributed by atoms with Crippen LogP contribution in [0.5, 0.6) is 0 Å². The molecule has 0 radical (unpaired) electrons. The molecular formula is C19H22ClN3O3. The van der Waals surface area contributed by atoms with E-state index >= 15 is 0 Å². The topological polar surface area (TPSA) is 75.3 Å². The number of carbonyl (C=O) groups is 1. The number of carbonyl (C=O) groups excluding carboxylic acids is 1. The van der Waals surface area contributed by atoms with Gasteiger partial charge in [0.1, 0.15) is 5.56 Å². The molecule has 0 atom stereocenters. The lowest BCUT2D eigenvalue weighted by molar-refractivity contribution is -0.000521. The zero-order valence-corrected chi connectivity index (χ0v) is 15.7. The van der Waals surface area contributed by atoms with Crippen molar-refractivity contribution < 1.29 is 9.53 Å². The van der Waals surface area contributed by atoms with Crippen LogP contribution in [0, 0.1) is 13.8 Å². The number of amides is 1. The lowest BCUT2D eigenvalue weighted by atomic mass is 10.0. The van der Waals surface area contributed by atoms with E-state index in [1.165, 1.54) is 0 Å². The Morgan fingerprint density at radius 3 is 2.77 bits per heavy atom. The van der Waals surface area contributed by atoms with E-state index in [4.69, 9.17) is 16.3 Å². The number of halogens is 1. The summed E-state index contributed by atoms with van der Waals surface area (Å²) in [5.74, 6) is -0.267. The lowest BCUT2D eigenvalue weighted by Crippen LogP contribution is -2.43. The van der Waals surface area contributed by atoms with E-state index in [1.807, 2.05) is 12.1 Å². The Balaban J connectivity index is 1.61. The minimum Gasteiger partial charge on any atom is -0.373 e. The van der Waals surface area contributed by atoms with Crippen molar-refractivity contribution in [2.75, 3.05) is 13.1 Å². The molecule has 0 aliphatic carbocycles. The predicted molar refractivity (Wildman–Crippen MR) is 99.5 cm³/mol. The number of hydrogen-bond donors (Lipinski definition) is 1. The molecule has 0 unspecified atom stereocenters. The normalized spacial score (nSPS) is 15.3. The van der Waals surface area contributed by atoms with Gasteiger partial charge in [-0.25, -0.2) is 0 Å². The fourth-order valence-electron chi connectivity index (χ4n) is 3.19. The Bertz CT molecular complexity index is 843. The summed E-state index contributed by atoms with van der Waals surface area (Å²) < 4.78 is 5.92. The summed E-state index contributed by atoms with van der Waals surface area (Å²) in [6, 6.07) is 3.86. The van der Waals surface area contributed by atoms with Crippen LogP contribution in [0.2, 0.25) is 5.02 Å². The number of nitrogens with zero attached hydrogens (tertiary/aromatic N) is 2. The number of aryl methyl sites for hydroxylation is 1. The lowest BCUT2D eigenvalue weighted by Gasteiger charge is -2.32. The quantitative estimate of drug-likeness (QED) is 0.891. The summed E-state index contributed by atoms with van der Waals surface area (Å²) in [6.07, 6.45) is 5.09. The van der Waals surface area contributed by atoms with Crippen molar-refractivity contribution in [2.45, 2.75) is 39.4 Å². The Labute approximate surface area is 157 Å². The zero-order chi connectivity index (χ0) is 18.7. The average molecular weight is 376 g/mol. The number of rotatable bonds is 4. The number of pyridine rings is 2. The van der Waals surface area contributed by atoms with Crippen LogP contribution in [0.25, 0.3) is 0 Å². The number of piperidine rings is 1. The average Bonchev–Trinajstić information content (AvgIpc) is 2.66. The fraction of sp³-hybridized carbons (Fsp3) is 0.421. The van der Waals surface area contributed by atoms with Gasteiger partial charge < -0.3 is 14.6 Å². The van der Waals surface area contributed by atoms with Crippen LogP contribution in [0.1, 0.15) is 40.0 Å². The van der Waals surface area contributed by atoms with Crippen molar-refractivity contribution in [1.29, 1.82) is 0 Å². The molecule has 1 saturated heterocycles. The number of ether oxygens (including phenoxy) is 1. The summed E-state index contributed by atoms with van der Waals surface area (Å²) in [4.78, 5) is 33.4. The smallest absolute Gasteiger partial charge is 0.261 e. The highest BCUT2D eigenvalue weighted by Gasteiger charge is 2.27. The molecule has 0 saturated carbocycles. The Morgan fingerprint density at radius 2 is 2.12 bits per heavy atom. The summed E-state index contributed by atoms with van der Waals surface area (Å²) in [5, 5.41) is 0.433. The summed E-state index contributed by atoms with van der Waals surface area (Å²) in [6.45, 7) is 5.05. The Kier molecular flexibility index (Phi) is 5.74. The second-order valence-corrected chi connectivity index (χ2v) is 6.93. The number of likely N-dealkylation sites (tertiary alicyclic amines) is 1. The summed E-state index contributed by atoms with van der Waals surface area (Å²) >= 11 is 6.19. The molecule has 3 heterocycles. The number of hydrogen-bond acceptors (Lipinski definition) is 4. The molecule has 0 spiro atoms. The van der Waals surface area contributed by atoms with E-state index in [0.717, 1.165) is 18.4 Å². The highest BCUT2D eigenvalue weighted by atomic mass is 35.5. The zero-order valence-electron chi connectivity index (χ0n) is 14.9. The maximum Gasteiger partial charge on any atom is 0.261 e. The molecule has 138 valence electrons. The van der Waals surface area contributed by atoms with Gasteiger partial charge in [-0.3, -0.25) is 14.6 Å². The van der Waals surface area contributed by atoms with Crippen molar-refractivity contribution >= 4 is 17.5 Å². The van der Waals surface area contributed by atoms with E-state index in [-0.39, 0.29) is 23.1 Å². The fourth-order valence-corrected chi connectivity index (χ4v) is 3.33.